The molecule has 1 aromatic heterocycles. The van der Waals surface area contributed by atoms with Crippen LogP contribution in [0.15, 0.2) is 9.52 Å². The fraction of sp³-hybridized carbons (Fsp3) is 0.714. The van der Waals surface area contributed by atoms with E-state index in [1.54, 1.807) is 7.05 Å². The second-order valence-corrected chi connectivity index (χ2v) is 6.33. The van der Waals surface area contributed by atoms with Crippen LogP contribution < -0.4 is 10.6 Å². The van der Waals surface area contributed by atoms with Crippen molar-refractivity contribution in [3.63, 3.8) is 0 Å². The molecule has 0 atom stereocenters. The summed E-state index contributed by atoms with van der Waals surface area (Å²) < 4.78 is 5.16. The Bertz CT molecular complexity index is 454. The van der Waals surface area contributed by atoms with Gasteiger partial charge in [0.2, 0.25) is 0 Å². The molecule has 1 aliphatic rings. The lowest BCUT2D eigenvalue weighted by molar-refractivity contribution is 0.307. The number of aliphatic imine (C=N–C) groups is 1. The van der Waals surface area contributed by atoms with Crippen molar-refractivity contribution in [2.45, 2.75) is 20.4 Å². The van der Waals surface area contributed by atoms with Crippen LogP contribution in [-0.4, -0.2) is 60.7 Å². The van der Waals surface area contributed by atoms with Crippen molar-refractivity contribution >= 4 is 41.7 Å². The summed E-state index contributed by atoms with van der Waals surface area (Å²) in [6.45, 7) is 8.92. The van der Waals surface area contributed by atoms with E-state index in [9.17, 15) is 0 Å². The van der Waals surface area contributed by atoms with Crippen molar-refractivity contribution in [1.82, 2.24) is 20.7 Å². The van der Waals surface area contributed by atoms with Crippen molar-refractivity contribution in [2.75, 3.05) is 44.7 Å². The summed E-state index contributed by atoms with van der Waals surface area (Å²) >= 11 is 2.04. The number of hydrogen-bond donors (Lipinski definition) is 2. The Labute approximate surface area is 153 Å². The molecule has 0 radical (unpaired) electrons. The third kappa shape index (κ3) is 5.96. The molecule has 0 unspecified atom stereocenters. The van der Waals surface area contributed by atoms with Crippen LogP contribution >= 0.6 is 35.7 Å². The second kappa shape index (κ2) is 10.3. The molecule has 6 nitrogen and oxygen atoms in total. The lowest BCUT2D eigenvalue weighted by Crippen LogP contribution is -2.43. The Kier molecular flexibility index (Phi) is 9.18. The van der Waals surface area contributed by atoms with E-state index in [1.165, 1.54) is 24.6 Å². The minimum atomic E-state index is 0. The van der Waals surface area contributed by atoms with Crippen LogP contribution in [0.25, 0.3) is 0 Å². The minimum Gasteiger partial charge on any atom is -0.361 e. The number of halogens is 1. The van der Waals surface area contributed by atoms with Crippen molar-refractivity contribution in [2.24, 2.45) is 4.99 Å². The third-order valence-corrected chi connectivity index (χ3v) is 4.60. The predicted octanol–water partition coefficient (Wildman–Crippen LogP) is 1.62. The highest BCUT2D eigenvalue weighted by Gasteiger charge is 2.11. The van der Waals surface area contributed by atoms with Gasteiger partial charge in [-0.25, -0.2) is 0 Å². The molecule has 126 valence electrons. The Morgan fingerprint density at radius 3 is 2.64 bits per heavy atom. The van der Waals surface area contributed by atoms with Gasteiger partial charge in [-0.1, -0.05) is 5.16 Å². The van der Waals surface area contributed by atoms with Gasteiger partial charge in [0.15, 0.2) is 5.96 Å². The number of guanidine groups is 1. The van der Waals surface area contributed by atoms with Gasteiger partial charge in [-0.2, -0.15) is 11.8 Å². The van der Waals surface area contributed by atoms with Crippen LogP contribution in [0.5, 0.6) is 0 Å². The molecule has 2 rings (SSSR count). The second-order valence-electron chi connectivity index (χ2n) is 5.11. The number of hydrogen-bond acceptors (Lipinski definition) is 5. The summed E-state index contributed by atoms with van der Waals surface area (Å²) in [6.07, 6.45) is 0. The molecule has 1 fully saturated rings. The molecule has 22 heavy (non-hydrogen) atoms. The zero-order valence-corrected chi connectivity index (χ0v) is 16.7. The highest BCUT2D eigenvalue weighted by molar-refractivity contribution is 14.0. The zero-order valence-electron chi connectivity index (χ0n) is 13.5. The average molecular weight is 439 g/mol. The van der Waals surface area contributed by atoms with Crippen LogP contribution in [0.4, 0.5) is 0 Å². The van der Waals surface area contributed by atoms with Crippen LogP contribution in [0.1, 0.15) is 17.0 Å². The molecule has 0 aromatic carbocycles. The number of aryl methyl sites for hydroxylation is 2. The van der Waals surface area contributed by atoms with Crippen LogP contribution in [-0.2, 0) is 6.54 Å². The van der Waals surface area contributed by atoms with Gasteiger partial charge in [0, 0.05) is 56.8 Å². The monoisotopic (exact) mass is 439 g/mol. The highest BCUT2D eigenvalue weighted by Crippen LogP contribution is 2.11. The van der Waals surface area contributed by atoms with Gasteiger partial charge in [0.25, 0.3) is 0 Å². The van der Waals surface area contributed by atoms with E-state index in [4.69, 9.17) is 4.52 Å². The van der Waals surface area contributed by atoms with E-state index in [0.29, 0.717) is 6.54 Å². The predicted molar refractivity (Wildman–Crippen MR) is 103 cm³/mol. The lowest BCUT2D eigenvalue weighted by atomic mass is 10.2. The van der Waals surface area contributed by atoms with E-state index in [2.05, 4.69) is 25.7 Å². The van der Waals surface area contributed by atoms with Crippen LogP contribution in [0.2, 0.25) is 0 Å². The summed E-state index contributed by atoms with van der Waals surface area (Å²) in [6, 6.07) is 0. The molecule has 0 spiro atoms. The SMILES string of the molecule is CN=C(NCCN1CCSCC1)NCc1c(C)noc1C.I. The first-order chi connectivity index (χ1) is 10.2. The van der Waals surface area contributed by atoms with E-state index in [1.807, 2.05) is 25.6 Å². The van der Waals surface area contributed by atoms with Crippen molar-refractivity contribution in [3.8, 4) is 0 Å². The summed E-state index contributed by atoms with van der Waals surface area (Å²) in [5.74, 6) is 4.18. The first kappa shape index (κ1) is 19.6. The standard InChI is InChI=1S/C14H25N5OS.HI/c1-11-13(12(2)20-18-11)10-17-14(15-3)16-4-5-19-6-8-21-9-7-19;/h4-10H2,1-3H3,(H2,15,16,17);1H. The van der Waals surface area contributed by atoms with Gasteiger partial charge in [-0.15, -0.1) is 24.0 Å². The molecule has 0 amide bonds. The highest BCUT2D eigenvalue weighted by atomic mass is 127. The van der Waals surface area contributed by atoms with Crippen molar-refractivity contribution < 1.29 is 4.52 Å². The van der Waals surface area contributed by atoms with Gasteiger partial charge in [-0.3, -0.25) is 9.89 Å². The maximum absolute atomic E-state index is 5.16. The molecule has 2 heterocycles. The van der Waals surface area contributed by atoms with Gasteiger partial charge in [0.05, 0.1) is 5.69 Å². The molecule has 0 bridgehead atoms. The van der Waals surface area contributed by atoms with Crippen molar-refractivity contribution in [1.29, 1.82) is 0 Å². The Hall–Kier alpha value is -0.480. The number of rotatable bonds is 5. The lowest BCUT2D eigenvalue weighted by Gasteiger charge is -2.26. The summed E-state index contributed by atoms with van der Waals surface area (Å²) in [5.41, 5.74) is 2.03. The zero-order chi connectivity index (χ0) is 15.1. The molecule has 8 heteroatoms. The largest absolute Gasteiger partial charge is 0.361 e. The van der Waals surface area contributed by atoms with E-state index >= 15 is 0 Å². The van der Waals surface area contributed by atoms with Gasteiger partial charge in [-0.05, 0) is 13.8 Å². The van der Waals surface area contributed by atoms with E-state index in [0.717, 1.165) is 36.1 Å². The molecular formula is C14H26IN5OS. The molecule has 1 saturated heterocycles. The minimum absolute atomic E-state index is 0. The topological polar surface area (TPSA) is 65.7 Å². The normalized spacial score (nSPS) is 16.2. The summed E-state index contributed by atoms with van der Waals surface area (Å²) in [7, 11) is 1.79. The Balaban J connectivity index is 0.00000242. The van der Waals surface area contributed by atoms with Gasteiger partial charge in [0.1, 0.15) is 5.76 Å². The number of nitrogens with one attached hydrogen (secondary N) is 2. The van der Waals surface area contributed by atoms with Gasteiger partial charge >= 0.3 is 0 Å². The summed E-state index contributed by atoms with van der Waals surface area (Å²) in [5, 5.41) is 10.6. The molecular weight excluding hydrogens is 413 g/mol. The van der Waals surface area contributed by atoms with Crippen LogP contribution in [0.3, 0.4) is 0 Å². The molecule has 1 aromatic rings. The first-order valence-corrected chi connectivity index (χ1v) is 8.52. The average Bonchev–Trinajstić information content (AvgIpc) is 2.83. The number of thioether (sulfide) groups is 1. The Morgan fingerprint density at radius 1 is 1.32 bits per heavy atom. The van der Waals surface area contributed by atoms with Crippen LogP contribution in [0, 0.1) is 13.8 Å². The number of nitrogens with zero attached hydrogens (tertiary/aromatic N) is 3. The molecule has 2 N–H and O–H groups in total. The Morgan fingerprint density at radius 2 is 2.05 bits per heavy atom. The molecule has 1 aliphatic heterocycles. The van der Waals surface area contributed by atoms with E-state index in [-0.39, 0.29) is 24.0 Å². The van der Waals surface area contributed by atoms with E-state index < -0.39 is 0 Å². The third-order valence-electron chi connectivity index (χ3n) is 3.66. The maximum Gasteiger partial charge on any atom is 0.191 e. The van der Waals surface area contributed by atoms with Crippen molar-refractivity contribution in [3.05, 3.63) is 17.0 Å². The summed E-state index contributed by atoms with van der Waals surface area (Å²) in [4.78, 5) is 6.74. The quantitative estimate of drug-likeness (QED) is 0.413. The maximum atomic E-state index is 5.16. The number of aromatic nitrogens is 1. The molecule has 0 aliphatic carbocycles. The fourth-order valence-electron chi connectivity index (χ4n) is 2.30. The first-order valence-electron chi connectivity index (χ1n) is 7.37. The smallest absolute Gasteiger partial charge is 0.191 e. The molecule has 0 saturated carbocycles. The van der Waals surface area contributed by atoms with Gasteiger partial charge < -0.3 is 15.2 Å². The fourth-order valence-corrected chi connectivity index (χ4v) is 3.28.